The van der Waals surface area contributed by atoms with Crippen molar-refractivity contribution < 1.29 is 14.3 Å². The number of aromatic nitrogens is 2. The van der Waals surface area contributed by atoms with Gasteiger partial charge in [-0.25, -0.2) is 4.68 Å². The van der Waals surface area contributed by atoms with Gasteiger partial charge in [0.2, 0.25) is 5.91 Å². The third-order valence-electron chi connectivity index (χ3n) is 3.33. The number of ether oxygens (including phenoxy) is 2. The van der Waals surface area contributed by atoms with Gasteiger partial charge in [-0.1, -0.05) is 35.3 Å². The number of carbonyl (C=O) groups excluding carboxylic acids is 1. The molecule has 0 spiro atoms. The van der Waals surface area contributed by atoms with Crippen molar-refractivity contribution in [2.24, 2.45) is 0 Å². The number of rotatable bonds is 4. The molecule has 7 nitrogen and oxygen atoms in total. The van der Waals surface area contributed by atoms with E-state index in [2.05, 4.69) is 10.4 Å². The van der Waals surface area contributed by atoms with E-state index in [1.165, 1.54) is 6.20 Å². The van der Waals surface area contributed by atoms with Crippen molar-refractivity contribution in [2.45, 2.75) is 12.6 Å². The van der Waals surface area contributed by atoms with Crippen molar-refractivity contribution in [3.8, 4) is 11.5 Å². The lowest BCUT2D eigenvalue weighted by Crippen LogP contribution is -2.42. The van der Waals surface area contributed by atoms with Crippen molar-refractivity contribution >= 4 is 29.1 Å². The molecule has 2 aromatic rings. The first kappa shape index (κ1) is 16.6. The number of carbonyl (C=O) groups is 1. The number of para-hydroxylation sites is 2. The van der Waals surface area contributed by atoms with E-state index in [9.17, 15) is 9.59 Å². The van der Waals surface area contributed by atoms with E-state index in [0.29, 0.717) is 18.1 Å². The first-order chi connectivity index (χ1) is 11.5. The molecule has 0 bridgehead atoms. The third-order valence-corrected chi connectivity index (χ3v) is 4.08. The van der Waals surface area contributed by atoms with Crippen molar-refractivity contribution in [1.82, 2.24) is 15.1 Å². The summed E-state index contributed by atoms with van der Waals surface area (Å²) in [5.41, 5.74) is -0.620. The summed E-state index contributed by atoms with van der Waals surface area (Å²) in [5, 5.41) is 6.33. The van der Waals surface area contributed by atoms with Gasteiger partial charge in [0.25, 0.3) is 5.56 Å². The number of benzene rings is 1. The molecule has 126 valence electrons. The quantitative estimate of drug-likeness (QED) is 0.882. The second kappa shape index (κ2) is 7.11. The van der Waals surface area contributed by atoms with E-state index in [1.54, 1.807) is 6.07 Å². The third kappa shape index (κ3) is 3.63. The van der Waals surface area contributed by atoms with Crippen LogP contribution in [0.2, 0.25) is 10.0 Å². The van der Waals surface area contributed by atoms with Crippen LogP contribution in [0.5, 0.6) is 11.5 Å². The van der Waals surface area contributed by atoms with Gasteiger partial charge in [-0.2, -0.15) is 5.10 Å². The van der Waals surface area contributed by atoms with Gasteiger partial charge in [-0.15, -0.1) is 0 Å². The van der Waals surface area contributed by atoms with E-state index in [4.69, 9.17) is 32.7 Å². The smallest absolute Gasteiger partial charge is 0.287 e. The van der Waals surface area contributed by atoms with Crippen molar-refractivity contribution in [2.75, 3.05) is 13.2 Å². The summed E-state index contributed by atoms with van der Waals surface area (Å²) in [6.45, 7) is 0.297. The molecule has 3 rings (SSSR count). The zero-order valence-electron chi connectivity index (χ0n) is 12.4. The normalized spacial score (nSPS) is 15.8. The molecule has 1 atom stereocenters. The van der Waals surface area contributed by atoms with Gasteiger partial charge in [0, 0.05) is 0 Å². The average Bonchev–Trinajstić information content (AvgIpc) is 2.60. The number of hydrogen-bond acceptors (Lipinski definition) is 5. The Morgan fingerprint density at radius 3 is 2.88 bits per heavy atom. The van der Waals surface area contributed by atoms with E-state index >= 15 is 0 Å². The molecule has 9 heteroatoms. The fourth-order valence-electron chi connectivity index (χ4n) is 2.14. The predicted octanol–water partition coefficient (Wildman–Crippen LogP) is 1.51. The number of hydrogen-bond donors (Lipinski definition) is 1. The highest BCUT2D eigenvalue weighted by Gasteiger charge is 2.21. The number of amides is 1. The Morgan fingerprint density at radius 1 is 1.33 bits per heavy atom. The number of nitrogens with zero attached hydrogens (tertiary/aromatic N) is 2. The molecule has 1 unspecified atom stereocenters. The van der Waals surface area contributed by atoms with Gasteiger partial charge >= 0.3 is 0 Å². The topological polar surface area (TPSA) is 82.5 Å². The molecule has 0 saturated heterocycles. The first-order valence-electron chi connectivity index (χ1n) is 7.11. The summed E-state index contributed by atoms with van der Waals surface area (Å²) in [7, 11) is 0. The summed E-state index contributed by atoms with van der Waals surface area (Å²) in [4.78, 5) is 23.8. The zero-order valence-corrected chi connectivity index (χ0v) is 13.9. The van der Waals surface area contributed by atoms with Crippen LogP contribution in [-0.4, -0.2) is 34.9 Å². The maximum absolute atomic E-state index is 12.0. The molecule has 24 heavy (non-hydrogen) atoms. The molecule has 1 aromatic carbocycles. The molecule has 1 aliphatic rings. The summed E-state index contributed by atoms with van der Waals surface area (Å²) in [6, 6.07) is 7.30. The number of nitrogens with one attached hydrogen (secondary N) is 1. The lowest BCUT2D eigenvalue weighted by Gasteiger charge is -2.26. The van der Waals surface area contributed by atoms with Gasteiger partial charge < -0.3 is 14.8 Å². The maximum Gasteiger partial charge on any atom is 0.287 e. The van der Waals surface area contributed by atoms with E-state index < -0.39 is 11.5 Å². The Kier molecular flexibility index (Phi) is 4.92. The fraction of sp³-hybridized carbons (Fsp3) is 0.267. The predicted molar refractivity (Wildman–Crippen MR) is 87.9 cm³/mol. The molecular formula is C15H13Cl2N3O4. The Hall–Kier alpha value is -2.25. The van der Waals surface area contributed by atoms with Crippen molar-refractivity contribution in [3.05, 3.63) is 50.9 Å². The molecule has 0 saturated carbocycles. The highest BCUT2D eigenvalue weighted by atomic mass is 35.5. The molecule has 1 amide bonds. The van der Waals surface area contributed by atoms with Crippen LogP contribution in [0, 0.1) is 0 Å². The standard InChI is InChI=1S/C15H13Cl2N3O4/c16-10-6-19-20(15(22)14(10)17)7-13(21)18-5-9-8-23-11-3-1-2-4-12(11)24-9/h1-4,6,9H,5,7-8H2,(H,18,21). The van der Waals surface area contributed by atoms with E-state index in [1.807, 2.05) is 18.2 Å². The Balaban J connectivity index is 1.55. The summed E-state index contributed by atoms with van der Waals surface area (Å²) in [5.74, 6) is 0.905. The molecule has 1 aliphatic heterocycles. The van der Waals surface area contributed by atoms with Crippen LogP contribution in [0.15, 0.2) is 35.3 Å². The fourth-order valence-corrected chi connectivity index (χ4v) is 2.41. The molecule has 1 N–H and O–H groups in total. The molecule has 0 aliphatic carbocycles. The van der Waals surface area contributed by atoms with Gasteiger partial charge in [0.15, 0.2) is 11.5 Å². The minimum absolute atomic E-state index is 0.0461. The lowest BCUT2D eigenvalue weighted by molar-refractivity contribution is -0.122. The second-order valence-corrected chi connectivity index (χ2v) is 5.86. The Bertz CT molecular complexity index is 825. The molecule has 0 radical (unpaired) electrons. The van der Waals surface area contributed by atoms with Crippen LogP contribution < -0.4 is 20.3 Å². The van der Waals surface area contributed by atoms with Crippen molar-refractivity contribution in [1.29, 1.82) is 0 Å². The SMILES string of the molecule is O=C(Cn1ncc(Cl)c(Cl)c1=O)NCC1COc2ccccc2O1. The molecule has 2 heterocycles. The first-order valence-corrected chi connectivity index (χ1v) is 7.86. The highest BCUT2D eigenvalue weighted by molar-refractivity contribution is 6.41. The molecular weight excluding hydrogens is 357 g/mol. The summed E-state index contributed by atoms with van der Waals surface area (Å²) in [6.07, 6.45) is 0.899. The molecule has 1 aromatic heterocycles. The Morgan fingerprint density at radius 2 is 2.08 bits per heavy atom. The van der Waals surface area contributed by atoms with Gasteiger partial charge in [-0.05, 0) is 12.1 Å². The summed E-state index contributed by atoms with van der Waals surface area (Å²) < 4.78 is 12.2. The molecule has 0 fully saturated rings. The zero-order chi connectivity index (χ0) is 17.1. The van der Waals surface area contributed by atoms with Crippen LogP contribution in [-0.2, 0) is 11.3 Å². The highest BCUT2D eigenvalue weighted by Crippen LogP contribution is 2.30. The second-order valence-electron chi connectivity index (χ2n) is 5.07. The van der Waals surface area contributed by atoms with Gasteiger partial charge in [0.1, 0.15) is 24.3 Å². The lowest BCUT2D eigenvalue weighted by atomic mass is 10.2. The average molecular weight is 370 g/mol. The number of fused-ring (bicyclic) bond motifs is 1. The maximum atomic E-state index is 12.0. The van der Waals surface area contributed by atoms with Crippen LogP contribution in [0.4, 0.5) is 0 Å². The van der Waals surface area contributed by atoms with Crippen LogP contribution in [0.1, 0.15) is 0 Å². The van der Waals surface area contributed by atoms with Gasteiger partial charge in [0.05, 0.1) is 17.8 Å². The minimum Gasteiger partial charge on any atom is -0.486 e. The minimum atomic E-state index is -0.620. The van der Waals surface area contributed by atoms with Gasteiger partial charge in [-0.3, -0.25) is 9.59 Å². The van der Waals surface area contributed by atoms with E-state index in [0.717, 1.165) is 4.68 Å². The monoisotopic (exact) mass is 369 g/mol. The largest absolute Gasteiger partial charge is 0.486 e. The van der Waals surface area contributed by atoms with Crippen LogP contribution in [0.3, 0.4) is 0 Å². The summed E-state index contributed by atoms with van der Waals surface area (Å²) >= 11 is 11.4. The number of halogens is 2. The van der Waals surface area contributed by atoms with Crippen LogP contribution >= 0.6 is 23.2 Å². The van der Waals surface area contributed by atoms with E-state index in [-0.39, 0.29) is 29.2 Å². The Labute approximate surface area is 147 Å². The van der Waals surface area contributed by atoms with Crippen molar-refractivity contribution in [3.63, 3.8) is 0 Å². The van der Waals surface area contributed by atoms with Crippen LogP contribution in [0.25, 0.3) is 0 Å².